The number of thiazole rings is 1. The van der Waals surface area contributed by atoms with Gasteiger partial charge in [-0.3, -0.25) is 9.20 Å². The van der Waals surface area contributed by atoms with Gasteiger partial charge in [-0.25, -0.2) is 4.98 Å². The van der Waals surface area contributed by atoms with E-state index in [2.05, 4.69) is 10.3 Å². The Morgan fingerprint density at radius 3 is 2.68 bits per heavy atom. The molecule has 4 aromatic rings. The second kappa shape index (κ2) is 6.52. The van der Waals surface area contributed by atoms with Crippen LogP contribution < -0.4 is 5.32 Å². The van der Waals surface area contributed by atoms with E-state index in [4.69, 9.17) is 23.2 Å². The molecule has 0 saturated carbocycles. The zero-order valence-electron chi connectivity index (χ0n) is 12.7. The van der Waals surface area contributed by atoms with Crippen molar-refractivity contribution in [3.8, 4) is 11.3 Å². The molecular formula is C18H11Cl2N3OS. The van der Waals surface area contributed by atoms with Gasteiger partial charge in [0.2, 0.25) is 0 Å². The summed E-state index contributed by atoms with van der Waals surface area (Å²) < 4.78 is 1.97. The van der Waals surface area contributed by atoms with Crippen molar-refractivity contribution in [2.45, 2.75) is 0 Å². The van der Waals surface area contributed by atoms with Gasteiger partial charge in [0.05, 0.1) is 5.69 Å². The third-order valence-corrected chi connectivity index (χ3v) is 4.84. The second-order valence-electron chi connectivity index (χ2n) is 5.41. The first-order valence-corrected chi connectivity index (χ1v) is 9.02. The molecule has 4 nitrogen and oxygen atoms in total. The van der Waals surface area contributed by atoms with Crippen molar-refractivity contribution in [2.75, 3.05) is 5.32 Å². The van der Waals surface area contributed by atoms with Gasteiger partial charge < -0.3 is 5.32 Å². The van der Waals surface area contributed by atoms with E-state index in [1.807, 2.05) is 46.4 Å². The van der Waals surface area contributed by atoms with E-state index in [0.29, 0.717) is 21.3 Å². The van der Waals surface area contributed by atoms with E-state index in [9.17, 15) is 4.79 Å². The lowest BCUT2D eigenvalue weighted by Crippen LogP contribution is -2.11. The lowest BCUT2D eigenvalue weighted by atomic mass is 10.1. The van der Waals surface area contributed by atoms with Crippen molar-refractivity contribution < 1.29 is 4.79 Å². The first-order valence-electron chi connectivity index (χ1n) is 7.38. The minimum Gasteiger partial charge on any atom is -0.322 e. The second-order valence-corrected chi connectivity index (χ2v) is 7.16. The van der Waals surface area contributed by atoms with Gasteiger partial charge >= 0.3 is 0 Å². The number of imidazole rings is 1. The van der Waals surface area contributed by atoms with Crippen molar-refractivity contribution in [3.05, 3.63) is 75.8 Å². The molecule has 0 aliphatic heterocycles. The molecule has 124 valence electrons. The number of halogens is 2. The van der Waals surface area contributed by atoms with Crippen LogP contribution in [0.2, 0.25) is 10.0 Å². The first kappa shape index (κ1) is 16.1. The Kier molecular flexibility index (Phi) is 4.21. The standard InChI is InChI=1S/C18H11Cl2N3OS/c19-13-6-12(7-14(20)9-13)17(24)21-15-3-1-2-11(8-15)16-10-23-4-5-25-18(23)22-16/h1-10H,(H,21,24). The summed E-state index contributed by atoms with van der Waals surface area (Å²) in [5.41, 5.74) is 2.87. The van der Waals surface area contributed by atoms with Crippen molar-refractivity contribution in [1.82, 2.24) is 9.38 Å². The maximum Gasteiger partial charge on any atom is 0.255 e. The molecule has 7 heteroatoms. The topological polar surface area (TPSA) is 46.4 Å². The molecule has 4 rings (SSSR count). The molecule has 0 atom stereocenters. The zero-order chi connectivity index (χ0) is 17.4. The maximum absolute atomic E-state index is 12.4. The molecule has 0 bridgehead atoms. The summed E-state index contributed by atoms with van der Waals surface area (Å²) >= 11 is 13.5. The first-order chi connectivity index (χ1) is 12.1. The fourth-order valence-corrected chi connectivity index (χ4v) is 3.74. The number of amides is 1. The van der Waals surface area contributed by atoms with Gasteiger partial charge in [-0.05, 0) is 30.3 Å². The highest BCUT2D eigenvalue weighted by molar-refractivity contribution is 7.15. The highest BCUT2D eigenvalue weighted by Gasteiger charge is 2.10. The predicted molar refractivity (Wildman–Crippen MR) is 103 cm³/mol. The van der Waals surface area contributed by atoms with E-state index in [-0.39, 0.29) is 5.91 Å². The van der Waals surface area contributed by atoms with Crippen LogP contribution in [0.5, 0.6) is 0 Å². The summed E-state index contributed by atoms with van der Waals surface area (Å²) in [6.45, 7) is 0. The molecule has 1 amide bonds. The lowest BCUT2D eigenvalue weighted by molar-refractivity contribution is 0.102. The summed E-state index contributed by atoms with van der Waals surface area (Å²) in [4.78, 5) is 17.9. The van der Waals surface area contributed by atoms with Crippen molar-refractivity contribution in [1.29, 1.82) is 0 Å². The normalized spacial score (nSPS) is 11.0. The Morgan fingerprint density at radius 1 is 1.12 bits per heavy atom. The van der Waals surface area contributed by atoms with E-state index in [1.54, 1.807) is 29.5 Å². The third-order valence-electron chi connectivity index (χ3n) is 3.63. The van der Waals surface area contributed by atoms with Gasteiger partial charge in [0, 0.05) is 44.6 Å². The van der Waals surface area contributed by atoms with E-state index < -0.39 is 0 Å². The Morgan fingerprint density at radius 2 is 1.92 bits per heavy atom. The number of carbonyl (C=O) groups excluding carboxylic acids is 1. The number of nitrogens with zero attached hydrogens (tertiary/aromatic N) is 2. The third kappa shape index (κ3) is 3.39. The number of fused-ring (bicyclic) bond motifs is 1. The average molecular weight is 388 g/mol. The predicted octanol–water partition coefficient (Wildman–Crippen LogP) is 5.62. The van der Waals surface area contributed by atoms with Gasteiger partial charge in [-0.2, -0.15) is 0 Å². The molecule has 2 heterocycles. The molecule has 1 N–H and O–H groups in total. The Labute approximate surface area is 157 Å². The Bertz CT molecular complexity index is 1040. The van der Waals surface area contributed by atoms with Crippen LogP contribution in [-0.2, 0) is 0 Å². The summed E-state index contributed by atoms with van der Waals surface area (Å²) in [5.74, 6) is -0.271. The van der Waals surface area contributed by atoms with Gasteiger partial charge in [0.15, 0.2) is 4.96 Å². The lowest BCUT2D eigenvalue weighted by Gasteiger charge is -2.07. The van der Waals surface area contributed by atoms with E-state index in [1.165, 1.54) is 0 Å². The van der Waals surface area contributed by atoms with Crippen LogP contribution in [0.1, 0.15) is 10.4 Å². The van der Waals surface area contributed by atoms with Crippen molar-refractivity contribution >= 4 is 51.1 Å². The molecule has 0 saturated heterocycles. The molecule has 2 aromatic carbocycles. The minimum atomic E-state index is -0.271. The Balaban J connectivity index is 1.61. The fourth-order valence-electron chi connectivity index (χ4n) is 2.51. The number of carbonyl (C=O) groups is 1. The molecule has 0 radical (unpaired) electrons. The van der Waals surface area contributed by atoms with E-state index >= 15 is 0 Å². The zero-order valence-corrected chi connectivity index (χ0v) is 15.1. The molecule has 0 unspecified atom stereocenters. The number of nitrogens with one attached hydrogen (secondary N) is 1. The van der Waals surface area contributed by atoms with Gasteiger partial charge in [-0.15, -0.1) is 11.3 Å². The summed E-state index contributed by atoms with van der Waals surface area (Å²) in [7, 11) is 0. The number of hydrogen-bond acceptors (Lipinski definition) is 3. The van der Waals surface area contributed by atoms with Crippen molar-refractivity contribution in [2.24, 2.45) is 0 Å². The number of benzene rings is 2. The number of anilines is 1. The fraction of sp³-hybridized carbons (Fsp3) is 0. The van der Waals surface area contributed by atoms with Crippen molar-refractivity contribution in [3.63, 3.8) is 0 Å². The van der Waals surface area contributed by atoms with E-state index in [0.717, 1.165) is 16.2 Å². The highest BCUT2D eigenvalue weighted by atomic mass is 35.5. The van der Waals surface area contributed by atoms with Crippen LogP contribution in [0.15, 0.2) is 60.2 Å². The van der Waals surface area contributed by atoms with Crippen LogP contribution in [0.4, 0.5) is 5.69 Å². The summed E-state index contributed by atoms with van der Waals surface area (Å²) in [6.07, 6.45) is 3.93. The Hall–Kier alpha value is -2.34. The maximum atomic E-state index is 12.4. The molecule has 0 fully saturated rings. The van der Waals surface area contributed by atoms with Crippen LogP contribution in [0.3, 0.4) is 0 Å². The number of aromatic nitrogens is 2. The SMILES string of the molecule is O=C(Nc1cccc(-c2cn3ccsc3n2)c1)c1cc(Cl)cc(Cl)c1. The van der Waals surface area contributed by atoms with Crippen LogP contribution in [0.25, 0.3) is 16.2 Å². The average Bonchev–Trinajstić information content (AvgIpc) is 3.16. The number of rotatable bonds is 3. The largest absolute Gasteiger partial charge is 0.322 e. The molecule has 2 aromatic heterocycles. The molecule has 25 heavy (non-hydrogen) atoms. The van der Waals surface area contributed by atoms with Crippen LogP contribution in [0, 0.1) is 0 Å². The van der Waals surface area contributed by atoms with Crippen LogP contribution in [-0.4, -0.2) is 15.3 Å². The number of hydrogen-bond donors (Lipinski definition) is 1. The molecule has 0 aliphatic rings. The highest BCUT2D eigenvalue weighted by Crippen LogP contribution is 2.25. The van der Waals surface area contributed by atoms with Gasteiger partial charge in [-0.1, -0.05) is 35.3 Å². The molecular weight excluding hydrogens is 377 g/mol. The summed E-state index contributed by atoms with van der Waals surface area (Å²) in [5, 5.41) is 5.69. The van der Waals surface area contributed by atoms with Gasteiger partial charge in [0.25, 0.3) is 5.91 Å². The van der Waals surface area contributed by atoms with Gasteiger partial charge in [0.1, 0.15) is 0 Å². The smallest absolute Gasteiger partial charge is 0.255 e. The molecule has 0 aliphatic carbocycles. The quantitative estimate of drug-likeness (QED) is 0.495. The molecule has 0 spiro atoms. The summed E-state index contributed by atoms with van der Waals surface area (Å²) in [6, 6.07) is 12.3. The minimum absolute atomic E-state index is 0.271. The monoisotopic (exact) mass is 387 g/mol. The van der Waals surface area contributed by atoms with Crippen LogP contribution >= 0.6 is 34.5 Å².